The van der Waals surface area contributed by atoms with Crippen molar-refractivity contribution in [2.75, 3.05) is 18.9 Å². The van der Waals surface area contributed by atoms with Crippen molar-refractivity contribution in [2.45, 2.75) is 12.3 Å². The van der Waals surface area contributed by atoms with Gasteiger partial charge in [0, 0.05) is 23.6 Å². The summed E-state index contributed by atoms with van der Waals surface area (Å²) in [6.45, 7) is 0.851. The molecule has 0 amide bonds. The van der Waals surface area contributed by atoms with Gasteiger partial charge in [0.05, 0.1) is 18.9 Å². The first-order valence-electron chi connectivity index (χ1n) is 6.74. The van der Waals surface area contributed by atoms with Crippen LogP contribution in [0, 0.1) is 11.6 Å². The number of anilines is 1. The molecule has 0 radical (unpaired) electrons. The van der Waals surface area contributed by atoms with Crippen molar-refractivity contribution in [3.8, 4) is 11.5 Å². The normalized spacial score (nSPS) is 17.0. The second-order valence-corrected chi connectivity index (χ2v) is 4.99. The summed E-state index contributed by atoms with van der Waals surface area (Å²) >= 11 is 0. The summed E-state index contributed by atoms with van der Waals surface area (Å²) in [7, 11) is 0. The molecule has 1 unspecified atom stereocenters. The van der Waals surface area contributed by atoms with E-state index in [1.165, 1.54) is 0 Å². The van der Waals surface area contributed by atoms with Crippen LogP contribution in [0.3, 0.4) is 0 Å². The standard InChI is InChI=1S/C16H15F2NO2/c17-12-8-16(13(18)7-14(12)19)21-9-10-5-6-20-15-4-2-1-3-11(10)15/h1-4,7-8,10H,5-6,9,19H2. The first-order chi connectivity index (χ1) is 10.1. The predicted molar refractivity (Wildman–Crippen MR) is 75.6 cm³/mol. The molecule has 0 saturated carbocycles. The fraction of sp³-hybridized carbons (Fsp3) is 0.250. The van der Waals surface area contributed by atoms with Gasteiger partial charge in [-0.05, 0) is 12.5 Å². The zero-order valence-electron chi connectivity index (χ0n) is 11.3. The summed E-state index contributed by atoms with van der Waals surface area (Å²) in [5.74, 6) is -0.546. The molecule has 0 aromatic heterocycles. The highest BCUT2D eigenvalue weighted by atomic mass is 19.1. The number of nitrogens with two attached hydrogens (primary N) is 1. The topological polar surface area (TPSA) is 44.5 Å². The number of hydrogen-bond donors (Lipinski definition) is 1. The molecule has 2 N–H and O–H groups in total. The second-order valence-electron chi connectivity index (χ2n) is 4.99. The maximum atomic E-state index is 13.7. The zero-order chi connectivity index (χ0) is 14.8. The van der Waals surface area contributed by atoms with E-state index in [9.17, 15) is 8.78 Å². The quantitative estimate of drug-likeness (QED) is 0.880. The smallest absolute Gasteiger partial charge is 0.167 e. The fourth-order valence-electron chi connectivity index (χ4n) is 2.43. The number of ether oxygens (including phenoxy) is 2. The molecule has 1 heterocycles. The number of para-hydroxylation sites is 1. The summed E-state index contributed by atoms with van der Waals surface area (Å²) < 4.78 is 38.1. The number of benzene rings is 2. The predicted octanol–water partition coefficient (Wildman–Crippen LogP) is 3.49. The van der Waals surface area contributed by atoms with Gasteiger partial charge in [-0.25, -0.2) is 8.78 Å². The van der Waals surface area contributed by atoms with Crippen molar-refractivity contribution in [1.82, 2.24) is 0 Å². The van der Waals surface area contributed by atoms with Crippen molar-refractivity contribution >= 4 is 5.69 Å². The second kappa shape index (κ2) is 5.60. The van der Waals surface area contributed by atoms with Crippen LogP contribution in [0.25, 0.3) is 0 Å². The van der Waals surface area contributed by atoms with Crippen molar-refractivity contribution in [2.24, 2.45) is 0 Å². The Morgan fingerprint density at radius 3 is 2.86 bits per heavy atom. The Morgan fingerprint density at radius 1 is 1.19 bits per heavy atom. The molecule has 2 aromatic carbocycles. The Balaban J connectivity index is 1.76. The molecule has 3 rings (SSSR count). The van der Waals surface area contributed by atoms with Crippen molar-refractivity contribution in [3.05, 3.63) is 53.6 Å². The third kappa shape index (κ3) is 2.77. The number of halogens is 2. The largest absolute Gasteiger partial charge is 0.493 e. The molecule has 1 atom stereocenters. The van der Waals surface area contributed by atoms with Gasteiger partial charge >= 0.3 is 0 Å². The first kappa shape index (κ1) is 13.7. The summed E-state index contributed by atoms with van der Waals surface area (Å²) in [5.41, 5.74) is 6.11. The van der Waals surface area contributed by atoms with Crippen LogP contribution in [-0.4, -0.2) is 13.2 Å². The first-order valence-corrected chi connectivity index (χ1v) is 6.74. The van der Waals surface area contributed by atoms with E-state index < -0.39 is 11.6 Å². The molecule has 0 saturated heterocycles. The van der Waals surface area contributed by atoms with E-state index in [2.05, 4.69) is 0 Å². The molecule has 0 aliphatic carbocycles. The molecular weight excluding hydrogens is 276 g/mol. The highest BCUT2D eigenvalue weighted by molar-refractivity contribution is 5.45. The summed E-state index contributed by atoms with van der Waals surface area (Å²) in [5, 5.41) is 0. The van der Waals surface area contributed by atoms with Gasteiger partial charge in [-0.15, -0.1) is 0 Å². The Kier molecular flexibility index (Phi) is 3.64. The highest BCUT2D eigenvalue weighted by Crippen LogP contribution is 2.34. The van der Waals surface area contributed by atoms with Gasteiger partial charge in [-0.1, -0.05) is 18.2 Å². The molecule has 0 spiro atoms. The Labute approximate surface area is 121 Å². The number of nitrogen functional groups attached to an aromatic ring is 1. The lowest BCUT2D eigenvalue weighted by Crippen LogP contribution is -2.19. The SMILES string of the molecule is Nc1cc(F)c(OCC2CCOc3ccccc32)cc1F. The van der Waals surface area contributed by atoms with Crippen LogP contribution in [0.4, 0.5) is 14.5 Å². The van der Waals surface area contributed by atoms with Crippen molar-refractivity contribution in [3.63, 3.8) is 0 Å². The van der Waals surface area contributed by atoms with E-state index in [1.54, 1.807) is 0 Å². The Hall–Kier alpha value is -2.30. The summed E-state index contributed by atoms with van der Waals surface area (Å²) in [6.07, 6.45) is 0.774. The van der Waals surface area contributed by atoms with Crippen LogP contribution in [0.5, 0.6) is 11.5 Å². The van der Waals surface area contributed by atoms with E-state index in [0.29, 0.717) is 6.61 Å². The van der Waals surface area contributed by atoms with Gasteiger partial charge in [0.15, 0.2) is 11.6 Å². The molecular formula is C16H15F2NO2. The van der Waals surface area contributed by atoms with E-state index in [4.69, 9.17) is 15.2 Å². The molecule has 0 bridgehead atoms. The number of rotatable bonds is 3. The van der Waals surface area contributed by atoms with Crippen LogP contribution in [0.15, 0.2) is 36.4 Å². The van der Waals surface area contributed by atoms with Crippen LogP contribution in [0.1, 0.15) is 17.9 Å². The van der Waals surface area contributed by atoms with Gasteiger partial charge in [0.25, 0.3) is 0 Å². The van der Waals surface area contributed by atoms with E-state index in [1.807, 2.05) is 24.3 Å². The third-order valence-electron chi connectivity index (χ3n) is 3.57. The van der Waals surface area contributed by atoms with E-state index in [-0.39, 0.29) is 24.0 Å². The number of fused-ring (bicyclic) bond motifs is 1. The minimum Gasteiger partial charge on any atom is -0.493 e. The summed E-state index contributed by atoms with van der Waals surface area (Å²) in [6, 6.07) is 9.59. The average Bonchev–Trinajstić information content (AvgIpc) is 2.49. The molecule has 0 fully saturated rings. The molecule has 110 valence electrons. The van der Waals surface area contributed by atoms with Gasteiger partial charge in [0.1, 0.15) is 11.6 Å². The Morgan fingerprint density at radius 2 is 2.00 bits per heavy atom. The lowest BCUT2D eigenvalue weighted by Gasteiger charge is -2.25. The van der Waals surface area contributed by atoms with E-state index >= 15 is 0 Å². The molecule has 1 aliphatic heterocycles. The van der Waals surface area contributed by atoms with Crippen LogP contribution < -0.4 is 15.2 Å². The minimum absolute atomic E-state index is 0.0926. The molecule has 1 aliphatic rings. The zero-order valence-corrected chi connectivity index (χ0v) is 11.3. The van der Waals surface area contributed by atoms with Gasteiger partial charge in [0.2, 0.25) is 0 Å². The molecule has 3 nitrogen and oxygen atoms in total. The lowest BCUT2D eigenvalue weighted by atomic mass is 9.94. The van der Waals surface area contributed by atoms with Crippen molar-refractivity contribution in [1.29, 1.82) is 0 Å². The maximum Gasteiger partial charge on any atom is 0.167 e. The maximum absolute atomic E-state index is 13.7. The minimum atomic E-state index is -0.682. The van der Waals surface area contributed by atoms with Crippen LogP contribution in [0.2, 0.25) is 0 Å². The average molecular weight is 291 g/mol. The molecule has 2 aromatic rings. The lowest BCUT2D eigenvalue weighted by molar-refractivity contribution is 0.212. The molecule has 21 heavy (non-hydrogen) atoms. The van der Waals surface area contributed by atoms with Crippen molar-refractivity contribution < 1.29 is 18.3 Å². The summed E-state index contributed by atoms with van der Waals surface area (Å²) in [4.78, 5) is 0. The third-order valence-corrected chi connectivity index (χ3v) is 3.57. The van der Waals surface area contributed by atoms with Gasteiger partial charge in [-0.3, -0.25) is 0 Å². The van der Waals surface area contributed by atoms with Gasteiger partial charge < -0.3 is 15.2 Å². The molecule has 5 heteroatoms. The monoisotopic (exact) mass is 291 g/mol. The van der Waals surface area contributed by atoms with Crippen LogP contribution >= 0.6 is 0 Å². The number of hydrogen-bond acceptors (Lipinski definition) is 3. The highest BCUT2D eigenvalue weighted by Gasteiger charge is 2.22. The van der Waals surface area contributed by atoms with Gasteiger partial charge in [-0.2, -0.15) is 0 Å². The van der Waals surface area contributed by atoms with Crippen LogP contribution in [-0.2, 0) is 0 Å². The Bertz CT molecular complexity index is 661. The fourth-order valence-corrected chi connectivity index (χ4v) is 2.43. The van der Waals surface area contributed by atoms with E-state index in [0.717, 1.165) is 29.9 Å².